The Labute approximate surface area is 146 Å². The molecule has 1 amide bonds. The van der Waals surface area contributed by atoms with Crippen molar-refractivity contribution in [2.24, 2.45) is 7.05 Å². The van der Waals surface area contributed by atoms with Gasteiger partial charge in [-0.3, -0.25) is 19.4 Å². The van der Waals surface area contributed by atoms with Gasteiger partial charge in [0.15, 0.2) is 5.82 Å². The predicted molar refractivity (Wildman–Crippen MR) is 90.1 cm³/mol. The molecule has 0 bridgehead atoms. The zero-order valence-electron chi connectivity index (χ0n) is 14.4. The van der Waals surface area contributed by atoms with Crippen molar-refractivity contribution in [2.75, 3.05) is 13.1 Å². The molecule has 2 aliphatic rings. The highest BCUT2D eigenvalue weighted by Crippen LogP contribution is 2.28. The first-order valence-corrected chi connectivity index (χ1v) is 8.78. The molecule has 6 nitrogen and oxygen atoms in total. The van der Waals surface area contributed by atoms with Crippen molar-refractivity contribution in [3.63, 3.8) is 0 Å². The van der Waals surface area contributed by atoms with E-state index in [1.54, 1.807) is 4.90 Å². The molecule has 0 aliphatic carbocycles. The smallest absolute Gasteiger partial charge is 0.257 e. The van der Waals surface area contributed by atoms with E-state index in [0.29, 0.717) is 13.1 Å². The second-order valence-electron chi connectivity index (χ2n) is 6.85. The second-order valence-corrected chi connectivity index (χ2v) is 6.85. The SMILES string of the molecule is Cn1nc(CN2CCCCC2)c2c1CN(C(=O)c1ccncc1F)C2. The van der Waals surface area contributed by atoms with Gasteiger partial charge in [0, 0.05) is 25.4 Å². The minimum Gasteiger partial charge on any atom is -0.328 e. The fourth-order valence-corrected chi connectivity index (χ4v) is 3.79. The number of nitrogens with zero attached hydrogens (tertiary/aromatic N) is 5. The fourth-order valence-electron chi connectivity index (χ4n) is 3.79. The van der Waals surface area contributed by atoms with Gasteiger partial charge in [-0.15, -0.1) is 0 Å². The molecule has 0 saturated carbocycles. The zero-order valence-corrected chi connectivity index (χ0v) is 14.4. The van der Waals surface area contributed by atoms with Gasteiger partial charge < -0.3 is 4.90 Å². The van der Waals surface area contributed by atoms with E-state index in [1.807, 2.05) is 11.7 Å². The number of carbonyl (C=O) groups is 1. The third-order valence-corrected chi connectivity index (χ3v) is 5.16. The Hall–Kier alpha value is -2.28. The van der Waals surface area contributed by atoms with Gasteiger partial charge in [0.2, 0.25) is 0 Å². The number of likely N-dealkylation sites (tertiary alicyclic amines) is 1. The number of pyridine rings is 1. The maximum atomic E-state index is 13.9. The number of amides is 1. The van der Waals surface area contributed by atoms with Crippen LogP contribution in [-0.4, -0.2) is 43.6 Å². The maximum absolute atomic E-state index is 13.9. The van der Waals surface area contributed by atoms with Crippen LogP contribution in [0.25, 0.3) is 0 Å². The van der Waals surface area contributed by atoms with Crippen LogP contribution in [-0.2, 0) is 26.7 Å². The van der Waals surface area contributed by atoms with Gasteiger partial charge in [-0.1, -0.05) is 6.42 Å². The molecule has 2 aromatic heterocycles. The highest BCUT2D eigenvalue weighted by molar-refractivity contribution is 5.94. The lowest BCUT2D eigenvalue weighted by Crippen LogP contribution is -2.30. The van der Waals surface area contributed by atoms with Crippen LogP contribution in [0.4, 0.5) is 4.39 Å². The molecule has 7 heteroatoms. The molecule has 0 aromatic carbocycles. The Bertz CT molecular complexity index is 797. The summed E-state index contributed by atoms with van der Waals surface area (Å²) >= 11 is 0. The Balaban J connectivity index is 1.53. The van der Waals surface area contributed by atoms with E-state index in [2.05, 4.69) is 15.0 Å². The van der Waals surface area contributed by atoms with Crippen LogP contribution >= 0.6 is 0 Å². The van der Waals surface area contributed by atoms with Gasteiger partial charge >= 0.3 is 0 Å². The Kier molecular flexibility index (Phi) is 4.25. The molecular formula is C18H22FN5O. The molecule has 4 heterocycles. The van der Waals surface area contributed by atoms with Gasteiger partial charge in [0.05, 0.1) is 36.2 Å². The maximum Gasteiger partial charge on any atom is 0.257 e. The number of rotatable bonds is 3. The third kappa shape index (κ3) is 3.04. The molecule has 0 spiro atoms. The quantitative estimate of drug-likeness (QED) is 0.856. The van der Waals surface area contributed by atoms with Gasteiger partial charge in [0.1, 0.15) is 0 Å². The van der Waals surface area contributed by atoms with Gasteiger partial charge in [-0.25, -0.2) is 4.39 Å². The van der Waals surface area contributed by atoms with Crippen molar-refractivity contribution >= 4 is 5.91 Å². The number of hydrogen-bond acceptors (Lipinski definition) is 4. The first-order valence-electron chi connectivity index (χ1n) is 8.78. The van der Waals surface area contributed by atoms with Gasteiger partial charge in [0.25, 0.3) is 5.91 Å². The van der Waals surface area contributed by atoms with E-state index in [9.17, 15) is 9.18 Å². The molecule has 0 radical (unpaired) electrons. The summed E-state index contributed by atoms with van der Waals surface area (Å²) < 4.78 is 15.7. The summed E-state index contributed by atoms with van der Waals surface area (Å²) in [7, 11) is 1.92. The molecule has 1 fully saturated rings. The van der Waals surface area contributed by atoms with Crippen molar-refractivity contribution in [1.29, 1.82) is 0 Å². The fraction of sp³-hybridized carbons (Fsp3) is 0.500. The van der Waals surface area contributed by atoms with Crippen molar-refractivity contribution in [3.05, 3.63) is 46.8 Å². The summed E-state index contributed by atoms with van der Waals surface area (Å²) in [5.41, 5.74) is 3.30. The minimum atomic E-state index is -0.574. The summed E-state index contributed by atoms with van der Waals surface area (Å²) in [6.07, 6.45) is 6.31. The first-order chi connectivity index (χ1) is 12.1. The van der Waals surface area contributed by atoms with E-state index >= 15 is 0 Å². The van der Waals surface area contributed by atoms with Crippen LogP contribution in [0.1, 0.15) is 46.6 Å². The lowest BCUT2D eigenvalue weighted by molar-refractivity contribution is 0.0742. The highest BCUT2D eigenvalue weighted by atomic mass is 19.1. The van der Waals surface area contributed by atoms with Crippen LogP contribution in [0.5, 0.6) is 0 Å². The van der Waals surface area contributed by atoms with E-state index in [1.165, 1.54) is 31.5 Å². The number of carbonyl (C=O) groups excluding carboxylic acids is 1. The van der Waals surface area contributed by atoms with Crippen LogP contribution in [0.2, 0.25) is 0 Å². The molecule has 2 aliphatic heterocycles. The van der Waals surface area contributed by atoms with Crippen molar-refractivity contribution < 1.29 is 9.18 Å². The lowest BCUT2D eigenvalue weighted by atomic mass is 10.1. The summed E-state index contributed by atoms with van der Waals surface area (Å²) in [6.45, 7) is 4.01. The molecule has 0 N–H and O–H groups in total. The van der Waals surface area contributed by atoms with Crippen molar-refractivity contribution in [2.45, 2.75) is 38.9 Å². The third-order valence-electron chi connectivity index (χ3n) is 5.16. The molecule has 0 unspecified atom stereocenters. The largest absolute Gasteiger partial charge is 0.328 e. The molecular weight excluding hydrogens is 321 g/mol. The van der Waals surface area contributed by atoms with Crippen LogP contribution < -0.4 is 0 Å². The zero-order chi connectivity index (χ0) is 17.4. The summed E-state index contributed by atoms with van der Waals surface area (Å²) in [6, 6.07) is 1.44. The monoisotopic (exact) mass is 343 g/mol. The van der Waals surface area contributed by atoms with E-state index < -0.39 is 5.82 Å². The number of piperidine rings is 1. The van der Waals surface area contributed by atoms with Crippen molar-refractivity contribution in [1.82, 2.24) is 24.6 Å². The molecule has 2 aromatic rings. The average Bonchev–Trinajstić information content (AvgIpc) is 3.18. The Morgan fingerprint density at radius 1 is 1.24 bits per heavy atom. The number of aryl methyl sites for hydroxylation is 1. The van der Waals surface area contributed by atoms with Crippen LogP contribution in [0.3, 0.4) is 0 Å². The normalized spacial score (nSPS) is 17.8. The second kappa shape index (κ2) is 6.55. The van der Waals surface area contributed by atoms with E-state index in [-0.39, 0.29) is 11.5 Å². The highest BCUT2D eigenvalue weighted by Gasteiger charge is 2.31. The standard InChI is InChI=1S/C18H22FN5O/c1-22-17-12-24(18(25)13-5-6-20-9-15(13)19)10-14(17)16(21-22)11-23-7-3-2-4-8-23/h5-6,9H,2-4,7-8,10-12H2,1H3. The minimum absolute atomic E-state index is 0.0772. The lowest BCUT2D eigenvalue weighted by Gasteiger charge is -2.26. The molecule has 132 valence electrons. The Morgan fingerprint density at radius 3 is 2.80 bits per heavy atom. The van der Waals surface area contributed by atoms with Gasteiger partial charge in [-0.05, 0) is 32.0 Å². The Morgan fingerprint density at radius 2 is 2.04 bits per heavy atom. The van der Waals surface area contributed by atoms with Crippen LogP contribution in [0.15, 0.2) is 18.5 Å². The molecule has 25 heavy (non-hydrogen) atoms. The first kappa shape index (κ1) is 16.2. The number of hydrogen-bond donors (Lipinski definition) is 0. The number of halogens is 1. The molecule has 1 saturated heterocycles. The summed E-state index contributed by atoms with van der Waals surface area (Å²) in [5, 5.41) is 4.66. The molecule has 4 rings (SSSR count). The number of aromatic nitrogens is 3. The van der Waals surface area contributed by atoms with E-state index in [0.717, 1.165) is 42.8 Å². The number of fused-ring (bicyclic) bond motifs is 1. The van der Waals surface area contributed by atoms with Crippen LogP contribution in [0, 0.1) is 5.82 Å². The van der Waals surface area contributed by atoms with E-state index in [4.69, 9.17) is 0 Å². The predicted octanol–water partition coefficient (Wildman–Crippen LogP) is 2.10. The van der Waals surface area contributed by atoms with Gasteiger partial charge in [-0.2, -0.15) is 5.10 Å². The summed E-state index contributed by atoms with van der Waals surface area (Å²) in [5.74, 6) is -0.866. The molecule has 0 atom stereocenters. The average molecular weight is 343 g/mol. The topological polar surface area (TPSA) is 54.3 Å². The van der Waals surface area contributed by atoms with Crippen molar-refractivity contribution in [3.8, 4) is 0 Å². The summed E-state index contributed by atoms with van der Waals surface area (Å²) in [4.78, 5) is 20.5.